The van der Waals surface area contributed by atoms with Gasteiger partial charge in [0.2, 0.25) is 0 Å². The zero-order valence-corrected chi connectivity index (χ0v) is 5.31. The van der Waals surface area contributed by atoms with Crippen LogP contribution < -0.4 is 6.15 Å². The van der Waals surface area contributed by atoms with Crippen molar-refractivity contribution >= 4 is 0 Å². The third-order valence-corrected chi connectivity index (χ3v) is 0.965. The second-order valence-electron chi connectivity index (χ2n) is 1.98. The molecule has 0 aromatic carbocycles. The van der Waals surface area contributed by atoms with E-state index in [0.717, 1.165) is 0 Å². The molecule has 0 amide bonds. The summed E-state index contributed by atoms with van der Waals surface area (Å²) in [6.07, 6.45) is -0.148. The molecule has 0 heterocycles. The fourth-order valence-corrected chi connectivity index (χ4v) is 0. The Morgan fingerprint density at radius 2 is 1.29 bits per heavy atom. The topological polar surface area (TPSA) is 55.2 Å². The molecule has 0 fully saturated rings. The molecule has 7 heavy (non-hydrogen) atoms. The molecule has 1 atom stereocenters. The molecule has 0 bridgehead atoms. The van der Waals surface area contributed by atoms with Crippen LogP contribution in [0.15, 0.2) is 0 Å². The van der Waals surface area contributed by atoms with Crippen LogP contribution in [-0.4, -0.2) is 11.2 Å². The van der Waals surface area contributed by atoms with Gasteiger partial charge in [-0.2, -0.15) is 0 Å². The van der Waals surface area contributed by atoms with Gasteiger partial charge in [-0.15, -0.1) is 0 Å². The molecule has 4 N–H and O–H groups in total. The summed E-state index contributed by atoms with van der Waals surface area (Å²) in [6, 6.07) is 0. The molecule has 1 unspecified atom stereocenters. The monoisotopic (exact) mass is 105 g/mol. The first-order valence-electron chi connectivity index (χ1n) is 2.32. The SMILES string of the molecule is CC(C)C(C)O.N. The van der Waals surface area contributed by atoms with Crippen molar-refractivity contribution < 1.29 is 5.11 Å². The first-order valence-corrected chi connectivity index (χ1v) is 2.32. The number of hydrogen-bond acceptors (Lipinski definition) is 2. The highest BCUT2D eigenvalue weighted by Crippen LogP contribution is 1.96. The van der Waals surface area contributed by atoms with E-state index in [9.17, 15) is 0 Å². The van der Waals surface area contributed by atoms with Gasteiger partial charge in [-0.3, -0.25) is 0 Å². The van der Waals surface area contributed by atoms with Crippen LogP contribution in [-0.2, 0) is 0 Å². The highest BCUT2D eigenvalue weighted by Gasteiger charge is 1.97. The summed E-state index contributed by atoms with van der Waals surface area (Å²) >= 11 is 0. The smallest absolute Gasteiger partial charge is 0.0535 e. The zero-order valence-electron chi connectivity index (χ0n) is 5.31. The second kappa shape index (κ2) is 4.09. The fraction of sp³-hybridized carbons (Fsp3) is 1.00. The third-order valence-electron chi connectivity index (χ3n) is 0.965. The van der Waals surface area contributed by atoms with Crippen molar-refractivity contribution in [2.75, 3.05) is 0 Å². The molecule has 0 aliphatic carbocycles. The van der Waals surface area contributed by atoms with E-state index in [1.165, 1.54) is 0 Å². The summed E-state index contributed by atoms with van der Waals surface area (Å²) in [6.45, 7) is 5.78. The average Bonchev–Trinajstić information content (AvgIpc) is 1.36. The Kier molecular flexibility index (Phi) is 5.85. The molecule has 0 rings (SSSR count). The zero-order chi connectivity index (χ0) is 5.15. The minimum atomic E-state index is -0.148. The highest BCUT2D eigenvalue weighted by atomic mass is 16.3. The summed E-state index contributed by atoms with van der Waals surface area (Å²) in [4.78, 5) is 0. The van der Waals surface area contributed by atoms with E-state index in [4.69, 9.17) is 5.11 Å². The van der Waals surface area contributed by atoms with Gasteiger partial charge in [-0.05, 0) is 12.8 Å². The van der Waals surface area contributed by atoms with Crippen molar-refractivity contribution in [3.05, 3.63) is 0 Å². The summed E-state index contributed by atoms with van der Waals surface area (Å²) in [7, 11) is 0. The van der Waals surface area contributed by atoms with Crippen LogP contribution in [0, 0.1) is 5.92 Å². The van der Waals surface area contributed by atoms with Crippen molar-refractivity contribution in [2.24, 2.45) is 5.92 Å². The van der Waals surface area contributed by atoms with E-state index in [0.29, 0.717) is 5.92 Å². The van der Waals surface area contributed by atoms with Crippen molar-refractivity contribution in [2.45, 2.75) is 26.9 Å². The molecular weight excluding hydrogens is 90.1 g/mol. The number of hydrogen-bond donors (Lipinski definition) is 2. The number of aliphatic hydroxyl groups excluding tert-OH is 1. The molecule has 0 saturated heterocycles. The maximum atomic E-state index is 8.63. The molecule has 0 spiro atoms. The van der Waals surface area contributed by atoms with Gasteiger partial charge in [0.15, 0.2) is 0 Å². The van der Waals surface area contributed by atoms with E-state index < -0.39 is 0 Å². The van der Waals surface area contributed by atoms with Gasteiger partial charge in [-0.1, -0.05) is 13.8 Å². The van der Waals surface area contributed by atoms with E-state index in [1.807, 2.05) is 13.8 Å². The van der Waals surface area contributed by atoms with Crippen molar-refractivity contribution in [1.29, 1.82) is 0 Å². The van der Waals surface area contributed by atoms with Crippen LogP contribution in [0.4, 0.5) is 0 Å². The van der Waals surface area contributed by atoms with Crippen LogP contribution >= 0.6 is 0 Å². The normalized spacial score (nSPS) is 13.3. The van der Waals surface area contributed by atoms with Crippen LogP contribution in [0.5, 0.6) is 0 Å². The first kappa shape index (κ1) is 10.0. The van der Waals surface area contributed by atoms with Crippen LogP contribution in [0.2, 0.25) is 0 Å². The first-order chi connectivity index (χ1) is 2.64. The Balaban J connectivity index is 0. The molecule has 0 aromatic rings. The molecule has 46 valence electrons. The lowest BCUT2D eigenvalue weighted by molar-refractivity contribution is 0.144. The van der Waals surface area contributed by atoms with Crippen LogP contribution in [0.1, 0.15) is 20.8 Å². The standard InChI is InChI=1S/C5H12O.H3N/c1-4(2)5(3)6;/h4-6H,1-3H3;1H3. The lowest BCUT2D eigenvalue weighted by Gasteiger charge is -2.04. The van der Waals surface area contributed by atoms with Gasteiger partial charge in [0.1, 0.15) is 0 Å². The average molecular weight is 105 g/mol. The lowest BCUT2D eigenvalue weighted by atomic mass is 10.1. The molecule has 0 aliphatic rings. The predicted octanol–water partition coefficient (Wildman–Crippen LogP) is 1.19. The summed E-state index contributed by atoms with van der Waals surface area (Å²) in [5.41, 5.74) is 0. The van der Waals surface area contributed by atoms with Crippen molar-refractivity contribution in [3.8, 4) is 0 Å². The highest BCUT2D eigenvalue weighted by molar-refractivity contribution is 4.48. The van der Waals surface area contributed by atoms with Gasteiger partial charge >= 0.3 is 0 Å². The maximum Gasteiger partial charge on any atom is 0.0535 e. The number of aliphatic hydroxyl groups is 1. The van der Waals surface area contributed by atoms with E-state index in [1.54, 1.807) is 6.92 Å². The fourth-order valence-electron chi connectivity index (χ4n) is 0. The predicted molar refractivity (Wildman–Crippen MR) is 31.5 cm³/mol. The summed E-state index contributed by atoms with van der Waals surface area (Å²) in [5, 5.41) is 8.63. The van der Waals surface area contributed by atoms with Gasteiger partial charge in [0.25, 0.3) is 0 Å². The molecule has 0 radical (unpaired) electrons. The van der Waals surface area contributed by atoms with Gasteiger partial charge in [-0.25, -0.2) is 0 Å². The van der Waals surface area contributed by atoms with E-state index in [-0.39, 0.29) is 12.3 Å². The quantitative estimate of drug-likeness (QED) is 0.526. The van der Waals surface area contributed by atoms with Gasteiger partial charge in [0, 0.05) is 0 Å². The molecule has 2 nitrogen and oxygen atoms in total. The Morgan fingerprint density at radius 3 is 1.29 bits per heavy atom. The minimum Gasteiger partial charge on any atom is -0.393 e. The van der Waals surface area contributed by atoms with Gasteiger partial charge < -0.3 is 11.3 Å². The largest absolute Gasteiger partial charge is 0.393 e. The second-order valence-corrected chi connectivity index (χ2v) is 1.98. The Hall–Kier alpha value is -0.0800. The lowest BCUT2D eigenvalue weighted by Crippen LogP contribution is -2.07. The van der Waals surface area contributed by atoms with Crippen molar-refractivity contribution in [3.63, 3.8) is 0 Å². The minimum absolute atomic E-state index is 0. The Morgan fingerprint density at radius 1 is 1.14 bits per heavy atom. The molecule has 0 saturated carbocycles. The maximum absolute atomic E-state index is 8.63. The summed E-state index contributed by atoms with van der Waals surface area (Å²) < 4.78 is 0. The Bertz CT molecular complexity index is 29.1. The van der Waals surface area contributed by atoms with Crippen LogP contribution in [0.3, 0.4) is 0 Å². The van der Waals surface area contributed by atoms with E-state index >= 15 is 0 Å². The van der Waals surface area contributed by atoms with E-state index in [2.05, 4.69) is 0 Å². The third kappa shape index (κ3) is 5.92. The number of rotatable bonds is 1. The molecule has 2 heteroatoms. The van der Waals surface area contributed by atoms with Gasteiger partial charge in [0.05, 0.1) is 6.10 Å². The van der Waals surface area contributed by atoms with Crippen LogP contribution in [0.25, 0.3) is 0 Å². The van der Waals surface area contributed by atoms with Crippen molar-refractivity contribution in [1.82, 2.24) is 6.15 Å². The molecule has 0 aromatic heterocycles. The molecular formula is C5H15NO. The summed E-state index contributed by atoms with van der Waals surface area (Å²) in [5.74, 6) is 0.407. The molecule has 0 aliphatic heterocycles. The Labute approximate surface area is 45.1 Å².